The first-order valence-electron chi connectivity index (χ1n) is 7.04. The first-order chi connectivity index (χ1) is 9.89. The summed E-state index contributed by atoms with van der Waals surface area (Å²) < 4.78 is 43.4. The zero-order chi connectivity index (χ0) is 15.6. The van der Waals surface area contributed by atoms with E-state index in [1.807, 2.05) is 18.2 Å². The highest BCUT2D eigenvalue weighted by Gasteiger charge is 2.40. The smallest absolute Gasteiger partial charge is 0.401 e. The predicted molar refractivity (Wildman–Crippen MR) is 75.6 cm³/mol. The van der Waals surface area contributed by atoms with Crippen LogP contribution in [0.2, 0.25) is 0 Å². The van der Waals surface area contributed by atoms with Crippen molar-refractivity contribution in [2.24, 2.45) is 0 Å². The summed E-state index contributed by atoms with van der Waals surface area (Å²) in [6.07, 6.45) is -3.56. The molecule has 0 fully saturated rings. The minimum absolute atomic E-state index is 0.114. The van der Waals surface area contributed by atoms with Crippen molar-refractivity contribution in [3.8, 4) is 5.75 Å². The Kier molecular flexibility index (Phi) is 4.78. The minimum atomic E-state index is -4.18. The Labute approximate surface area is 123 Å². The number of hydrogen-bond donors (Lipinski definition) is 1. The molecule has 1 aliphatic carbocycles. The summed E-state index contributed by atoms with van der Waals surface area (Å²) in [5.41, 5.74) is 2.11. The van der Waals surface area contributed by atoms with Gasteiger partial charge in [-0.1, -0.05) is 13.0 Å². The lowest BCUT2D eigenvalue weighted by molar-refractivity contribution is -0.151. The normalized spacial score (nSPS) is 21.7. The van der Waals surface area contributed by atoms with E-state index >= 15 is 0 Å². The SMILES string of the molecule is CCN(CC(F)(F)F)C1Cc2ccc(OC)cc2C1NC. The Bertz CT molecular complexity index is 490. The average molecular weight is 302 g/mol. The molecule has 1 aliphatic rings. The first kappa shape index (κ1) is 16.1. The summed E-state index contributed by atoms with van der Waals surface area (Å²) in [5.74, 6) is 0.730. The molecule has 0 saturated heterocycles. The van der Waals surface area contributed by atoms with E-state index in [0.717, 1.165) is 16.9 Å². The zero-order valence-corrected chi connectivity index (χ0v) is 12.5. The summed E-state index contributed by atoms with van der Waals surface area (Å²) in [7, 11) is 3.37. The van der Waals surface area contributed by atoms with Gasteiger partial charge in [0, 0.05) is 12.1 Å². The third kappa shape index (κ3) is 3.49. The van der Waals surface area contributed by atoms with Crippen LogP contribution in [0.4, 0.5) is 13.2 Å². The van der Waals surface area contributed by atoms with Crippen LogP contribution in [0.5, 0.6) is 5.75 Å². The van der Waals surface area contributed by atoms with Crippen LogP contribution in [0.1, 0.15) is 24.1 Å². The second-order valence-corrected chi connectivity index (χ2v) is 5.28. The molecule has 0 radical (unpaired) electrons. The van der Waals surface area contributed by atoms with E-state index in [9.17, 15) is 13.2 Å². The molecular weight excluding hydrogens is 281 g/mol. The molecule has 2 unspecified atom stereocenters. The van der Waals surface area contributed by atoms with E-state index in [1.54, 1.807) is 21.1 Å². The molecule has 1 N–H and O–H groups in total. The number of likely N-dealkylation sites (N-methyl/N-ethyl adjacent to an activating group) is 2. The second kappa shape index (κ2) is 6.23. The number of ether oxygens (including phenoxy) is 1. The molecule has 0 spiro atoms. The van der Waals surface area contributed by atoms with Gasteiger partial charge in [-0.2, -0.15) is 13.2 Å². The van der Waals surface area contributed by atoms with Gasteiger partial charge < -0.3 is 10.1 Å². The van der Waals surface area contributed by atoms with Gasteiger partial charge in [0.15, 0.2) is 0 Å². The number of rotatable bonds is 5. The fraction of sp³-hybridized carbons (Fsp3) is 0.600. The third-order valence-corrected chi connectivity index (χ3v) is 4.07. The van der Waals surface area contributed by atoms with E-state index in [4.69, 9.17) is 4.74 Å². The Morgan fingerprint density at radius 3 is 2.62 bits per heavy atom. The maximum Gasteiger partial charge on any atom is 0.401 e. The molecule has 2 atom stereocenters. The molecule has 0 aliphatic heterocycles. The maximum atomic E-state index is 12.7. The molecule has 6 heteroatoms. The van der Waals surface area contributed by atoms with E-state index in [0.29, 0.717) is 13.0 Å². The Balaban J connectivity index is 2.26. The van der Waals surface area contributed by atoms with Gasteiger partial charge >= 0.3 is 6.18 Å². The fourth-order valence-electron chi connectivity index (χ4n) is 3.11. The molecule has 2 rings (SSSR count). The van der Waals surface area contributed by atoms with Gasteiger partial charge in [-0.25, -0.2) is 0 Å². The highest BCUT2D eigenvalue weighted by atomic mass is 19.4. The van der Waals surface area contributed by atoms with Crippen molar-refractivity contribution < 1.29 is 17.9 Å². The monoisotopic (exact) mass is 302 g/mol. The highest BCUT2D eigenvalue weighted by Crippen LogP contribution is 2.37. The standard InChI is InChI=1S/C15H21F3N2O/c1-4-20(9-15(16,17)18)13-7-10-5-6-11(21-3)8-12(10)14(13)19-2/h5-6,8,13-14,19H,4,7,9H2,1-3H3. The van der Waals surface area contributed by atoms with Crippen LogP contribution in [0.25, 0.3) is 0 Å². The lowest BCUT2D eigenvalue weighted by Gasteiger charge is -2.32. The van der Waals surface area contributed by atoms with E-state index in [-0.39, 0.29) is 12.1 Å². The zero-order valence-electron chi connectivity index (χ0n) is 12.5. The summed E-state index contributed by atoms with van der Waals surface area (Å²) in [6, 6.07) is 5.41. The Morgan fingerprint density at radius 1 is 1.38 bits per heavy atom. The molecule has 1 aromatic carbocycles. The molecule has 0 heterocycles. The van der Waals surface area contributed by atoms with Crippen LogP contribution in [0, 0.1) is 0 Å². The van der Waals surface area contributed by atoms with E-state index < -0.39 is 12.7 Å². The van der Waals surface area contributed by atoms with E-state index in [1.165, 1.54) is 4.90 Å². The number of nitrogens with one attached hydrogen (secondary N) is 1. The highest BCUT2D eigenvalue weighted by molar-refractivity contribution is 5.42. The Hall–Kier alpha value is -1.27. The van der Waals surface area contributed by atoms with Crippen molar-refractivity contribution in [1.29, 1.82) is 0 Å². The van der Waals surface area contributed by atoms with E-state index in [2.05, 4.69) is 5.32 Å². The number of hydrogen-bond acceptors (Lipinski definition) is 3. The number of methoxy groups -OCH3 is 1. The number of alkyl halides is 3. The summed E-state index contributed by atoms with van der Waals surface area (Å²) >= 11 is 0. The molecule has 0 aromatic heterocycles. The fourth-order valence-corrected chi connectivity index (χ4v) is 3.11. The number of halogens is 3. The second-order valence-electron chi connectivity index (χ2n) is 5.28. The van der Waals surface area contributed by atoms with Crippen LogP contribution in [0.15, 0.2) is 18.2 Å². The number of nitrogens with zero attached hydrogens (tertiary/aromatic N) is 1. The molecule has 118 valence electrons. The van der Waals surface area contributed by atoms with Crippen molar-refractivity contribution in [3.05, 3.63) is 29.3 Å². The lowest BCUT2D eigenvalue weighted by atomic mass is 10.1. The molecular formula is C15H21F3N2O. The summed E-state index contributed by atoms with van der Waals surface area (Å²) in [6.45, 7) is 1.26. The molecule has 0 bridgehead atoms. The molecule has 0 amide bonds. The largest absolute Gasteiger partial charge is 0.497 e. The number of benzene rings is 1. The Morgan fingerprint density at radius 2 is 2.10 bits per heavy atom. The summed E-state index contributed by atoms with van der Waals surface area (Å²) in [5, 5.41) is 3.16. The van der Waals surface area contributed by atoms with Crippen molar-refractivity contribution in [2.45, 2.75) is 31.6 Å². The quantitative estimate of drug-likeness (QED) is 0.905. The van der Waals surface area contributed by atoms with Crippen molar-refractivity contribution in [2.75, 3.05) is 27.2 Å². The van der Waals surface area contributed by atoms with Crippen LogP contribution in [-0.2, 0) is 6.42 Å². The van der Waals surface area contributed by atoms with Crippen LogP contribution < -0.4 is 10.1 Å². The lowest BCUT2D eigenvalue weighted by Crippen LogP contribution is -2.46. The van der Waals surface area contributed by atoms with Crippen molar-refractivity contribution >= 4 is 0 Å². The van der Waals surface area contributed by atoms with Crippen molar-refractivity contribution in [1.82, 2.24) is 10.2 Å². The van der Waals surface area contributed by atoms with Gasteiger partial charge in [-0.15, -0.1) is 0 Å². The molecule has 3 nitrogen and oxygen atoms in total. The van der Waals surface area contributed by atoms with Gasteiger partial charge in [-0.3, -0.25) is 4.90 Å². The predicted octanol–water partition coefficient (Wildman–Crippen LogP) is 2.76. The first-order valence-corrected chi connectivity index (χ1v) is 7.04. The molecule has 21 heavy (non-hydrogen) atoms. The third-order valence-electron chi connectivity index (χ3n) is 4.07. The topological polar surface area (TPSA) is 24.5 Å². The van der Waals surface area contributed by atoms with Gasteiger partial charge in [0.05, 0.1) is 13.7 Å². The van der Waals surface area contributed by atoms with Crippen LogP contribution in [0.3, 0.4) is 0 Å². The maximum absolute atomic E-state index is 12.7. The average Bonchev–Trinajstić information content (AvgIpc) is 2.80. The minimum Gasteiger partial charge on any atom is -0.497 e. The molecule has 1 aromatic rings. The summed E-state index contributed by atoms with van der Waals surface area (Å²) in [4.78, 5) is 1.49. The van der Waals surface area contributed by atoms with Gasteiger partial charge in [0.25, 0.3) is 0 Å². The number of fused-ring (bicyclic) bond motifs is 1. The van der Waals surface area contributed by atoms with Gasteiger partial charge in [0.1, 0.15) is 5.75 Å². The van der Waals surface area contributed by atoms with Crippen molar-refractivity contribution in [3.63, 3.8) is 0 Å². The van der Waals surface area contributed by atoms with Crippen LogP contribution >= 0.6 is 0 Å². The van der Waals surface area contributed by atoms with Gasteiger partial charge in [-0.05, 0) is 43.3 Å². The molecule has 0 saturated carbocycles. The van der Waals surface area contributed by atoms with Gasteiger partial charge in [0.2, 0.25) is 0 Å². The van der Waals surface area contributed by atoms with Crippen LogP contribution in [-0.4, -0.2) is 44.4 Å².